The van der Waals surface area contributed by atoms with Gasteiger partial charge >= 0.3 is 5.97 Å². The molecule has 0 radical (unpaired) electrons. The van der Waals surface area contributed by atoms with Gasteiger partial charge in [0, 0.05) is 31.4 Å². The van der Waals surface area contributed by atoms with E-state index >= 15 is 4.39 Å². The third-order valence-electron chi connectivity index (χ3n) is 5.20. The van der Waals surface area contributed by atoms with Crippen LogP contribution in [0.2, 0.25) is 0 Å². The molecule has 1 aliphatic heterocycles. The van der Waals surface area contributed by atoms with Crippen LogP contribution in [-0.2, 0) is 0 Å². The van der Waals surface area contributed by atoms with Gasteiger partial charge in [-0.05, 0) is 26.8 Å². The molecule has 1 aliphatic rings. The number of benzene rings is 1. The number of pyridine rings is 1. The number of carboxylic acid groups (broad SMARTS) is 1. The van der Waals surface area contributed by atoms with E-state index < -0.39 is 35.5 Å². The summed E-state index contributed by atoms with van der Waals surface area (Å²) in [5.74, 6) is -2.05. The molecule has 29 heavy (non-hydrogen) atoms. The minimum absolute atomic E-state index is 0.0932. The Morgan fingerprint density at radius 2 is 2.00 bits per heavy atom. The number of halogens is 2. The van der Waals surface area contributed by atoms with Gasteiger partial charge in [-0.1, -0.05) is 0 Å². The van der Waals surface area contributed by atoms with Gasteiger partial charge in [0.25, 0.3) is 0 Å². The molecule has 1 fully saturated rings. The number of anilines is 1. The zero-order valence-electron chi connectivity index (χ0n) is 16.8. The monoisotopic (exact) mass is 409 g/mol. The van der Waals surface area contributed by atoms with Crippen LogP contribution in [-0.4, -0.2) is 54.6 Å². The van der Waals surface area contributed by atoms with Gasteiger partial charge in [-0.2, -0.15) is 0 Å². The lowest BCUT2D eigenvalue weighted by atomic mass is 10.0. The van der Waals surface area contributed by atoms with E-state index in [-0.39, 0.29) is 34.4 Å². The van der Waals surface area contributed by atoms with Crippen LogP contribution in [0.3, 0.4) is 0 Å². The van der Waals surface area contributed by atoms with Crippen molar-refractivity contribution < 1.29 is 23.4 Å². The van der Waals surface area contributed by atoms with Crippen LogP contribution in [0.4, 0.5) is 14.5 Å². The summed E-state index contributed by atoms with van der Waals surface area (Å²) < 4.78 is 35.6. The summed E-state index contributed by atoms with van der Waals surface area (Å²) in [5, 5.41) is 12.6. The lowest BCUT2D eigenvalue weighted by molar-refractivity contribution is 0.0694. The summed E-state index contributed by atoms with van der Waals surface area (Å²) in [6.07, 6.45) is 1.10. The topological polar surface area (TPSA) is 83.8 Å². The molecule has 1 saturated heterocycles. The Hall–Kier alpha value is -2.68. The number of piperazine rings is 1. The fraction of sp³-hybridized carbons (Fsp3) is 0.500. The largest absolute Gasteiger partial charge is 0.492 e. The van der Waals surface area contributed by atoms with Crippen LogP contribution in [0.5, 0.6) is 5.75 Å². The number of nitrogens with zero attached hydrogens (tertiary/aromatic N) is 2. The molecule has 2 heterocycles. The number of nitrogens with one attached hydrogen (secondary N) is 1. The van der Waals surface area contributed by atoms with E-state index in [1.54, 1.807) is 6.92 Å². The SMILES string of the molecule is COc1c(N2C[C@@H](C)N[C@@H](C)C2)c(F)cc2c(=O)c(C(=O)O)cn(C(C)CF)c12. The Labute approximate surface area is 166 Å². The van der Waals surface area contributed by atoms with Gasteiger partial charge in [0.1, 0.15) is 17.9 Å². The van der Waals surface area contributed by atoms with Crippen molar-refractivity contribution in [3.63, 3.8) is 0 Å². The number of carbonyl (C=O) groups is 1. The van der Waals surface area contributed by atoms with Crippen molar-refractivity contribution in [1.29, 1.82) is 0 Å². The molecule has 1 aromatic heterocycles. The lowest BCUT2D eigenvalue weighted by Crippen LogP contribution is -2.54. The van der Waals surface area contributed by atoms with E-state index in [0.717, 1.165) is 12.3 Å². The van der Waals surface area contributed by atoms with Crippen molar-refractivity contribution in [2.45, 2.75) is 38.9 Å². The first-order chi connectivity index (χ1) is 13.7. The van der Waals surface area contributed by atoms with Crippen LogP contribution >= 0.6 is 0 Å². The van der Waals surface area contributed by atoms with Gasteiger partial charge in [0.2, 0.25) is 5.43 Å². The first-order valence-electron chi connectivity index (χ1n) is 9.45. The molecule has 158 valence electrons. The van der Waals surface area contributed by atoms with E-state index in [1.165, 1.54) is 11.7 Å². The quantitative estimate of drug-likeness (QED) is 0.790. The zero-order valence-corrected chi connectivity index (χ0v) is 16.8. The summed E-state index contributed by atoms with van der Waals surface area (Å²) in [4.78, 5) is 26.1. The van der Waals surface area contributed by atoms with E-state index in [2.05, 4.69) is 5.32 Å². The first-order valence-corrected chi connectivity index (χ1v) is 9.45. The zero-order chi connectivity index (χ0) is 21.5. The number of hydrogen-bond acceptors (Lipinski definition) is 5. The number of alkyl halides is 1. The van der Waals surface area contributed by atoms with Gasteiger partial charge in [-0.25, -0.2) is 13.6 Å². The predicted molar refractivity (Wildman–Crippen MR) is 107 cm³/mol. The maximum absolute atomic E-state index is 15.2. The summed E-state index contributed by atoms with van der Waals surface area (Å²) >= 11 is 0. The smallest absolute Gasteiger partial charge is 0.341 e. The summed E-state index contributed by atoms with van der Waals surface area (Å²) in [6.45, 7) is 5.74. The molecule has 7 nitrogen and oxygen atoms in total. The normalized spacial score (nSPS) is 20.7. The number of aromatic nitrogens is 1. The number of fused-ring (bicyclic) bond motifs is 1. The Morgan fingerprint density at radius 3 is 2.52 bits per heavy atom. The van der Waals surface area contributed by atoms with Crippen molar-refractivity contribution in [2.24, 2.45) is 0 Å². The van der Waals surface area contributed by atoms with Crippen LogP contribution in [0.25, 0.3) is 10.9 Å². The molecule has 0 amide bonds. The number of methoxy groups -OCH3 is 1. The summed E-state index contributed by atoms with van der Waals surface area (Å²) in [7, 11) is 1.35. The number of rotatable bonds is 5. The predicted octanol–water partition coefficient (Wildman–Crippen LogP) is 2.56. The highest BCUT2D eigenvalue weighted by molar-refractivity contribution is 5.97. The minimum Gasteiger partial charge on any atom is -0.492 e. The van der Waals surface area contributed by atoms with Crippen molar-refractivity contribution in [3.05, 3.63) is 33.9 Å². The second kappa shape index (κ2) is 7.98. The van der Waals surface area contributed by atoms with Gasteiger partial charge < -0.3 is 24.6 Å². The number of ether oxygens (including phenoxy) is 1. The molecule has 0 bridgehead atoms. The molecule has 2 N–H and O–H groups in total. The van der Waals surface area contributed by atoms with Crippen LogP contribution < -0.4 is 20.4 Å². The van der Waals surface area contributed by atoms with Gasteiger partial charge in [0.05, 0.1) is 24.1 Å². The second-order valence-corrected chi connectivity index (χ2v) is 7.60. The molecule has 0 saturated carbocycles. The number of hydrogen-bond donors (Lipinski definition) is 2. The molecule has 3 rings (SSSR count). The fourth-order valence-electron chi connectivity index (χ4n) is 4.01. The highest BCUT2D eigenvalue weighted by Gasteiger charge is 2.30. The van der Waals surface area contributed by atoms with Crippen molar-refractivity contribution >= 4 is 22.6 Å². The van der Waals surface area contributed by atoms with Crippen molar-refractivity contribution in [1.82, 2.24) is 9.88 Å². The number of carboxylic acids is 1. The Kier molecular flexibility index (Phi) is 5.79. The molecule has 0 aliphatic carbocycles. The third kappa shape index (κ3) is 3.66. The van der Waals surface area contributed by atoms with Gasteiger partial charge in [-0.15, -0.1) is 0 Å². The maximum Gasteiger partial charge on any atom is 0.341 e. The Bertz CT molecular complexity index is 998. The maximum atomic E-state index is 15.2. The molecular formula is C20H25F2N3O4. The van der Waals surface area contributed by atoms with Gasteiger partial charge in [-0.3, -0.25) is 4.79 Å². The van der Waals surface area contributed by atoms with E-state index in [1.807, 2.05) is 18.7 Å². The molecule has 9 heteroatoms. The van der Waals surface area contributed by atoms with E-state index in [4.69, 9.17) is 4.74 Å². The Balaban J connectivity index is 2.39. The highest BCUT2D eigenvalue weighted by atomic mass is 19.1. The van der Waals surface area contributed by atoms with Crippen molar-refractivity contribution in [3.8, 4) is 5.75 Å². The molecule has 1 aromatic carbocycles. The van der Waals surface area contributed by atoms with Crippen LogP contribution in [0.1, 0.15) is 37.2 Å². The fourth-order valence-corrected chi connectivity index (χ4v) is 4.01. The number of aromatic carboxylic acids is 1. The van der Waals surface area contributed by atoms with Crippen molar-refractivity contribution in [2.75, 3.05) is 31.8 Å². The van der Waals surface area contributed by atoms with Gasteiger partial charge in [0.15, 0.2) is 11.6 Å². The molecular weight excluding hydrogens is 384 g/mol. The standard InChI is InChI=1S/C20H25F2N3O4/c1-10-7-24(8-11(2)23-10)17-15(22)5-13-16(19(17)29-4)25(12(3)6-21)9-14(18(13)26)20(27)28/h5,9-12,23H,6-8H2,1-4H3,(H,27,28)/t10-,11+,12?. The third-order valence-corrected chi connectivity index (χ3v) is 5.20. The molecule has 1 unspecified atom stereocenters. The van der Waals surface area contributed by atoms with Crippen LogP contribution in [0.15, 0.2) is 17.1 Å². The molecule has 3 atom stereocenters. The highest BCUT2D eigenvalue weighted by Crippen LogP contribution is 2.39. The molecule has 0 spiro atoms. The average Bonchev–Trinajstić information content (AvgIpc) is 2.65. The molecule has 2 aromatic rings. The van der Waals surface area contributed by atoms with E-state index in [9.17, 15) is 19.1 Å². The van der Waals surface area contributed by atoms with E-state index in [0.29, 0.717) is 13.1 Å². The first kappa shape index (κ1) is 21.0. The lowest BCUT2D eigenvalue weighted by Gasteiger charge is -2.38. The second-order valence-electron chi connectivity index (χ2n) is 7.60. The summed E-state index contributed by atoms with van der Waals surface area (Å²) in [5.41, 5.74) is -1.01. The minimum atomic E-state index is -1.45. The Morgan fingerprint density at radius 1 is 1.38 bits per heavy atom. The average molecular weight is 409 g/mol. The van der Waals surface area contributed by atoms with Crippen LogP contribution in [0, 0.1) is 5.82 Å². The summed E-state index contributed by atoms with van der Waals surface area (Å²) in [6, 6.07) is 0.449.